The smallest absolute Gasteiger partial charge is 0.303 e. The number of carbonyl (C=O) groups is 1. The van der Waals surface area contributed by atoms with Crippen LogP contribution >= 0.6 is 0 Å². The standard InChI is InChI=1S/C7H9NO.C3H6O2/c1-8-6-3-2-4-7(9)5-6;1-2-3(4)5/h2-5,8-9H,1H3;2H2,1H3,(H,4,5). The molecule has 4 nitrogen and oxygen atoms in total. The molecule has 1 aromatic carbocycles. The van der Waals surface area contributed by atoms with Crippen LogP contribution in [0.5, 0.6) is 5.75 Å². The van der Waals surface area contributed by atoms with Crippen LogP contribution in [0.25, 0.3) is 0 Å². The maximum absolute atomic E-state index is 9.37. The van der Waals surface area contributed by atoms with E-state index in [-0.39, 0.29) is 6.42 Å². The number of anilines is 1. The summed E-state index contributed by atoms with van der Waals surface area (Å²) in [5, 5.41) is 19.5. The number of aromatic hydroxyl groups is 1. The fraction of sp³-hybridized carbons (Fsp3) is 0.300. The normalized spacial score (nSPS) is 8.43. The van der Waals surface area contributed by atoms with Crippen molar-refractivity contribution < 1.29 is 15.0 Å². The van der Waals surface area contributed by atoms with Crippen molar-refractivity contribution in [2.75, 3.05) is 12.4 Å². The monoisotopic (exact) mass is 197 g/mol. The second kappa shape index (κ2) is 6.77. The number of carboxylic acid groups (broad SMARTS) is 1. The molecule has 1 aromatic rings. The van der Waals surface area contributed by atoms with Gasteiger partial charge in [0.25, 0.3) is 0 Å². The summed E-state index contributed by atoms with van der Waals surface area (Å²) in [4.78, 5) is 9.37. The van der Waals surface area contributed by atoms with Crippen molar-refractivity contribution in [3.63, 3.8) is 0 Å². The van der Waals surface area contributed by atoms with Gasteiger partial charge < -0.3 is 15.5 Å². The minimum absolute atomic E-state index is 0.222. The lowest BCUT2D eigenvalue weighted by atomic mass is 10.3. The van der Waals surface area contributed by atoms with E-state index in [9.17, 15) is 4.79 Å². The summed E-state index contributed by atoms with van der Waals surface area (Å²) in [5.41, 5.74) is 0.926. The van der Waals surface area contributed by atoms with Crippen molar-refractivity contribution in [2.24, 2.45) is 0 Å². The van der Waals surface area contributed by atoms with Gasteiger partial charge >= 0.3 is 5.97 Å². The van der Waals surface area contributed by atoms with E-state index in [2.05, 4.69) is 5.32 Å². The molecule has 78 valence electrons. The van der Waals surface area contributed by atoms with Crippen LogP contribution in [-0.4, -0.2) is 23.2 Å². The molecule has 0 saturated carbocycles. The first-order valence-corrected chi connectivity index (χ1v) is 4.28. The topological polar surface area (TPSA) is 69.6 Å². The van der Waals surface area contributed by atoms with E-state index in [1.165, 1.54) is 0 Å². The Morgan fingerprint density at radius 1 is 1.50 bits per heavy atom. The highest BCUT2D eigenvalue weighted by molar-refractivity contribution is 5.66. The predicted octanol–water partition coefficient (Wildman–Crippen LogP) is 1.91. The van der Waals surface area contributed by atoms with Crippen LogP contribution in [-0.2, 0) is 4.79 Å². The Hall–Kier alpha value is -1.71. The molecule has 4 heteroatoms. The molecule has 0 amide bonds. The molecule has 0 bridgehead atoms. The molecular formula is C10H15NO3. The van der Waals surface area contributed by atoms with E-state index in [0.29, 0.717) is 5.75 Å². The lowest BCUT2D eigenvalue weighted by Gasteiger charge is -1.97. The molecule has 0 heterocycles. The van der Waals surface area contributed by atoms with Crippen LogP contribution < -0.4 is 5.32 Å². The minimum Gasteiger partial charge on any atom is -0.508 e. The van der Waals surface area contributed by atoms with E-state index in [1.54, 1.807) is 25.1 Å². The van der Waals surface area contributed by atoms with Crippen LogP contribution in [0.2, 0.25) is 0 Å². The Balaban J connectivity index is 0.000000292. The molecule has 0 spiro atoms. The van der Waals surface area contributed by atoms with Crippen LogP contribution in [0, 0.1) is 0 Å². The molecule has 0 radical (unpaired) electrons. The molecule has 0 aromatic heterocycles. The van der Waals surface area contributed by atoms with Crippen molar-refractivity contribution in [2.45, 2.75) is 13.3 Å². The molecular weight excluding hydrogens is 182 g/mol. The Bertz CT molecular complexity index is 286. The highest BCUT2D eigenvalue weighted by Crippen LogP contribution is 2.13. The van der Waals surface area contributed by atoms with Crippen molar-refractivity contribution in [3.05, 3.63) is 24.3 Å². The number of phenols is 1. The summed E-state index contributed by atoms with van der Waals surface area (Å²) < 4.78 is 0. The molecule has 1 rings (SSSR count). The van der Waals surface area contributed by atoms with Gasteiger partial charge in [0.15, 0.2) is 0 Å². The summed E-state index contributed by atoms with van der Waals surface area (Å²) in [7, 11) is 1.81. The van der Waals surface area contributed by atoms with E-state index >= 15 is 0 Å². The summed E-state index contributed by atoms with van der Waals surface area (Å²) in [6.07, 6.45) is 0.222. The molecule has 0 aliphatic heterocycles. The number of aliphatic carboxylic acids is 1. The van der Waals surface area contributed by atoms with E-state index in [4.69, 9.17) is 10.2 Å². The molecule has 3 N–H and O–H groups in total. The average molecular weight is 197 g/mol. The molecule has 0 fully saturated rings. The first kappa shape index (κ1) is 12.3. The van der Waals surface area contributed by atoms with Gasteiger partial charge in [-0.25, -0.2) is 0 Å². The van der Waals surface area contributed by atoms with Crippen LogP contribution in [0.15, 0.2) is 24.3 Å². The van der Waals surface area contributed by atoms with Crippen molar-refractivity contribution in [1.82, 2.24) is 0 Å². The van der Waals surface area contributed by atoms with E-state index in [1.807, 2.05) is 13.1 Å². The van der Waals surface area contributed by atoms with Gasteiger partial charge in [-0.15, -0.1) is 0 Å². The van der Waals surface area contributed by atoms with Gasteiger partial charge in [-0.3, -0.25) is 4.79 Å². The highest BCUT2D eigenvalue weighted by Gasteiger charge is 1.87. The predicted molar refractivity (Wildman–Crippen MR) is 55.6 cm³/mol. The first-order valence-electron chi connectivity index (χ1n) is 4.28. The third kappa shape index (κ3) is 5.88. The average Bonchev–Trinajstić information content (AvgIpc) is 2.18. The Labute approximate surface area is 83.2 Å². The Morgan fingerprint density at radius 3 is 2.36 bits per heavy atom. The van der Waals surface area contributed by atoms with Crippen molar-refractivity contribution in [1.29, 1.82) is 0 Å². The maximum Gasteiger partial charge on any atom is 0.303 e. The largest absolute Gasteiger partial charge is 0.508 e. The molecule has 0 unspecified atom stereocenters. The van der Waals surface area contributed by atoms with Gasteiger partial charge in [0, 0.05) is 25.2 Å². The Morgan fingerprint density at radius 2 is 2.07 bits per heavy atom. The summed E-state index contributed by atoms with van der Waals surface area (Å²) in [5.74, 6) is -0.452. The van der Waals surface area contributed by atoms with Gasteiger partial charge in [-0.2, -0.15) is 0 Å². The summed E-state index contributed by atoms with van der Waals surface area (Å²) >= 11 is 0. The quantitative estimate of drug-likeness (QED) is 0.677. The zero-order chi connectivity index (χ0) is 11.0. The molecule has 0 aliphatic carbocycles. The lowest BCUT2D eigenvalue weighted by Crippen LogP contribution is -1.86. The molecule has 0 atom stereocenters. The number of hydrogen-bond donors (Lipinski definition) is 3. The SMILES string of the molecule is CCC(=O)O.CNc1cccc(O)c1. The summed E-state index contributed by atoms with van der Waals surface area (Å²) in [6.45, 7) is 1.60. The first-order chi connectivity index (χ1) is 6.60. The van der Waals surface area contributed by atoms with Gasteiger partial charge in [0.05, 0.1) is 0 Å². The van der Waals surface area contributed by atoms with Gasteiger partial charge in [0.1, 0.15) is 5.75 Å². The fourth-order valence-corrected chi connectivity index (χ4v) is 0.661. The van der Waals surface area contributed by atoms with Crippen LogP contribution in [0.1, 0.15) is 13.3 Å². The third-order valence-corrected chi connectivity index (χ3v) is 1.44. The third-order valence-electron chi connectivity index (χ3n) is 1.44. The maximum atomic E-state index is 9.37. The van der Waals surface area contributed by atoms with Crippen molar-refractivity contribution >= 4 is 11.7 Å². The van der Waals surface area contributed by atoms with Crippen LogP contribution in [0.3, 0.4) is 0 Å². The number of rotatable bonds is 2. The minimum atomic E-state index is -0.745. The fourth-order valence-electron chi connectivity index (χ4n) is 0.661. The number of carboxylic acids is 1. The van der Waals surface area contributed by atoms with Crippen LogP contribution in [0.4, 0.5) is 5.69 Å². The van der Waals surface area contributed by atoms with Gasteiger partial charge in [0.2, 0.25) is 0 Å². The second-order valence-electron chi connectivity index (χ2n) is 2.55. The second-order valence-corrected chi connectivity index (χ2v) is 2.55. The Kier molecular flexibility index (Phi) is 5.94. The number of benzene rings is 1. The number of phenolic OH excluding ortho intramolecular Hbond substituents is 1. The number of hydrogen-bond acceptors (Lipinski definition) is 3. The van der Waals surface area contributed by atoms with Crippen molar-refractivity contribution in [3.8, 4) is 5.75 Å². The number of nitrogens with one attached hydrogen (secondary N) is 1. The van der Waals surface area contributed by atoms with E-state index < -0.39 is 5.97 Å². The molecule has 0 aliphatic rings. The van der Waals surface area contributed by atoms with E-state index in [0.717, 1.165) is 5.69 Å². The molecule has 14 heavy (non-hydrogen) atoms. The zero-order valence-electron chi connectivity index (χ0n) is 8.32. The molecule has 0 saturated heterocycles. The van der Waals surface area contributed by atoms with Gasteiger partial charge in [-0.1, -0.05) is 13.0 Å². The highest BCUT2D eigenvalue weighted by atomic mass is 16.4. The van der Waals surface area contributed by atoms with Gasteiger partial charge in [-0.05, 0) is 12.1 Å². The zero-order valence-corrected chi connectivity index (χ0v) is 8.32. The lowest BCUT2D eigenvalue weighted by molar-refractivity contribution is -0.136. The summed E-state index contributed by atoms with van der Waals surface area (Å²) in [6, 6.07) is 6.99.